The van der Waals surface area contributed by atoms with Crippen LogP contribution >= 0.6 is 0 Å². The van der Waals surface area contributed by atoms with Crippen LogP contribution in [0.3, 0.4) is 0 Å². The summed E-state index contributed by atoms with van der Waals surface area (Å²) in [7, 11) is 0. The van der Waals surface area contributed by atoms with Gasteiger partial charge in [0.1, 0.15) is 6.61 Å². The number of carbonyl (C=O) groups excluding carboxylic acids is 1. The van der Waals surface area contributed by atoms with E-state index in [0.717, 1.165) is 12.8 Å². The van der Waals surface area contributed by atoms with Crippen molar-refractivity contribution in [2.45, 2.75) is 84.7 Å². The Labute approximate surface area is 118 Å². The van der Waals surface area contributed by atoms with Crippen molar-refractivity contribution in [1.29, 1.82) is 0 Å². The summed E-state index contributed by atoms with van der Waals surface area (Å²) in [5, 5.41) is 9.58. The van der Waals surface area contributed by atoms with Gasteiger partial charge < -0.3 is 9.84 Å². The minimum atomic E-state index is -0.516. The van der Waals surface area contributed by atoms with E-state index in [1.807, 2.05) is 13.8 Å². The molecule has 0 aromatic carbocycles. The van der Waals surface area contributed by atoms with Gasteiger partial charge in [-0.1, -0.05) is 59.3 Å². The second kappa shape index (κ2) is 12.5. The molecule has 0 rings (SSSR count). The van der Waals surface area contributed by atoms with Crippen molar-refractivity contribution in [2.75, 3.05) is 6.61 Å². The maximum Gasteiger partial charge on any atom is 0.305 e. The summed E-state index contributed by atoms with van der Waals surface area (Å²) in [5.41, 5.74) is 0. The first-order valence-electron chi connectivity index (χ1n) is 7.90. The van der Waals surface area contributed by atoms with Crippen molar-refractivity contribution in [1.82, 2.24) is 0 Å². The molecule has 0 saturated carbocycles. The summed E-state index contributed by atoms with van der Waals surface area (Å²) >= 11 is 0. The Morgan fingerprint density at radius 1 is 1.05 bits per heavy atom. The SMILES string of the molecule is CCCCCCCCCC(=O)OCC(O)CC(C)C. The molecule has 3 heteroatoms. The highest BCUT2D eigenvalue weighted by molar-refractivity contribution is 5.69. The van der Waals surface area contributed by atoms with Crippen LogP contribution in [0.1, 0.15) is 78.6 Å². The Hall–Kier alpha value is -0.570. The molecule has 0 aliphatic heterocycles. The van der Waals surface area contributed by atoms with E-state index in [2.05, 4.69) is 6.92 Å². The van der Waals surface area contributed by atoms with E-state index in [0.29, 0.717) is 18.8 Å². The number of hydrogen-bond acceptors (Lipinski definition) is 3. The third-order valence-corrected chi connectivity index (χ3v) is 3.16. The van der Waals surface area contributed by atoms with Gasteiger partial charge in [-0.2, -0.15) is 0 Å². The maximum absolute atomic E-state index is 11.4. The van der Waals surface area contributed by atoms with E-state index >= 15 is 0 Å². The molecule has 0 spiro atoms. The molecule has 1 unspecified atom stereocenters. The fourth-order valence-corrected chi connectivity index (χ4v) is 2.10. The number of rotatable bonds is 12. The Morgan fingerprint density at radius 3 is 2.21 bits per heavy atom. The Bertz CT molecular complexity index is 214. The van der Waals surface area contributed by atoms with Gasteiger partial charge in [0.05, 0.1) is 6.10 Å². The maximum atomic E-state index is 11.4. The van der Waals surface area contributed by atoms with Gasteiger partial charge in [0.25, 0.3) is 0 Å². The quantitative estimate of drug-likeness (QED) is 0.430. The van der Waals surface area contributed by atoms with Crippen molar-refractivity contribution in [3.63, 3.8) is 0 Å². The highest BCUT2D eigenvalue weighted by Crippen LogP contribution is 2.09. The second-order valence-electron chi connectivity index (χ2n) is 5.84. The minimum Gasteiger partial charge on any atom is -0.463 e. The van der Waals surface area contributed by atoms with E-state index < -0.39 is 6.10 Å². The number of aliphatic hydroxyl groups excluding tert-OH is 1. The fraction of sp³-hybridized carbons (Fsp3) is 0.938. The molecule has 0 aromatic heterocycles. The lowest BCUT2D eigenvalue weighted by atomic mass is 10.1. The lowest BCUT2D eigenvalue weighted by molar-refractivity contribution is -0.147. The molecule has 1 N–H and O–H groups in total. The average Bonchev–Trinajstić information content (AvgIpc) is 2.34. The van der Waals surface area contributed by atoms with E-state index in [-0.39, 0.29) is 12.6 Å². The topological polar surface area (TPSA) is 46.5 Å². The van der Waals surface area contributed by atoms with Gasteiger partial charge >= 0.3 is 5.97 Å². The van der Waals surface area contributed by atoms with E-state index in [1.165, 1.54) is 32.1 Å². The number of aliphatic hydroxyl groups is 1. The summed E-state index contributed by atoms with van der Waals surface area (Å²) in [4.78, 5) is 11.4. The molecule has 114 valence electrons. The Kier molecular flexibility index (Phi) is 12.1. The monoisotopic (exact) mass is 272 g/mol. The number of ether oxygens (including phenoxy) is 1. The first kappa shape index (κ1) is 18.4. The molecule has 0 heterocycles. The summed E-state index contributed by atoms with van der Waals surface area (Å²) < 4.78 is 5.06. The molecule has 0 bridgehead atoms. The van der Waals surface area contributed by atoms with Gasteiger partial charge in [-0.05, 0) is 18.8 Å². The Balaban J connectivity index is 3.34. The van der Waals surface area contributed by atoms with Crippen LogP contribution in [0.25, 0.3) is 0 Å². The summed E-state index contributed by atoms with van der Waals surface area (Å²) in [6.45, 7) is 6.45. The third kappa shape index (κ3) is 13.7. The largest absolute Gasteiger partial charge is 0.463 e. The van der Waals surface area contributed by atoms with Crippen molar-refractivity contribution < 1.29 is 14.6 Å². The standard InChI is InChI=1S/C16H32O3/c1-4-5-6-7-8-9-10-11-16(18)19-13-15(17)12-14(2)3/h14-15,17H,4-13H2,1-3H3. The van der Waals surface area contributed by atoms with Crippen LogP contribution < -0.4 is 0 Å². The molecule has 0 saturated heterocycles. The predicted octanol–water partition coefficient (Wildman–Crippen LogP) is 4.08. The lowest BCUT2D eigenvalue weighted by Gasteiger charge is -2.13. The first-order chi connectivity index (χ1) is 9.06. The van der Waals surface area contributed by atoms with Gasteiger partial charge in [0.2, 0.25) is 0 Å². The minimum absolute atomic E-state index is 0.146. The first-order valence-corrected chi connectivity index (χ1v) is 7.90. The molecule has 0 fully saturated rings. The van der Waals surface area contributed by atoms with Gasteiger partial charge in [-0.15, -0.1) is 0 Å². The highest BCUT2D eigenvalue weighted by Gasteiger charge is 2.10. The molecule has 0 radical (unpaired) electrons. The number of carbonyl (C=O) groups is 1. The molecule has 0 aliphatic carbocycles. The van der Waals surface area contributed by atoms with Gasteiger partial charge in [0.15, 0.2) is 0 Å². The van der Waals surface area contributed by atoms with Gasteiger partial charge in [-0.25, -0.2) is 0 Å². The van der Waals surface area contributed by atoms with Crippen LogP contribution in [0, 0.1) is 5.92 Å². The fourth-order valence-electron chi connectivity index (χ4n) is 2.10. The normalized spacial score (nSPS) is 12.7. The average molecular weight is 272 g/mol. The van der Waals surface area contributed by atoms with Crippen LogP contribution in [0.5, 0.6) is 0 Å². The van der Waals surface area contributed by atoms with Crippen molar-refractivity contribution >= 4 is 5.97 Å². The molecule has 3 nitrogen and oxygen atoms in total. The molecule has 0 aliphatic rings. The highest BCUT2D eigenvalue weighted by atomic mass is 16.5. The zero-order valence-electron chi connectivity index (χ0n) is 13.0. The molecule has 19 heavy (non-hydrogen) atoms. The molecule has 0 aromatic rings. The number of hydrogen-bond donors (Lipinski definition) is 1. The van der Waals surface area contributed by atoms with Crippen LogP contribution in [0.2, 0.25) is 0 Å². The summed E-state index contributed by atoms with van der Waals surface area (Å²) in [6, 6.07) is 0. The molecular formula is C16H32O3. The second-order valence-corrected chi connectivity index (χ2v) is 5.84. The van der Waals surface area contributed by atoms with Crippen LogP contribution in [-0.4, -0.2) is 23.8 Å². The van der Waals surface area contributed by atoms with Crippen molar-refractivity contribution in [3.05, 3.63) is 0 Å². The van der Waals surface area contributed by atoms with Gasteiger partial charge in [0, 0.05) is 6.42 Å². The zero-order valence-corrected chi connectivity index (χ0v) is 13.0. The van der Waals surface area contributed by atoms with Crippen LogP contribution in [-0.2, 0) is 9.53 Å². The Morgan fingerprint density at radius 2 is 1.63 bits per heavy atom. The summed E-state index contributed by atoms with van der Waals surface area (Å²) in [6.07, 6.45) is 9.05. The number of unbranched alkanes of at least 4 members (excludes halogenated alkanes) is 6. The van der Waals surface area contributed by atoms with Gasteiger partial charge in [-0.3, -0.25) is 4.79 Å². The van der Waals surface area contributed by atoms with Crippen LogP contribution in [0.15, 0.2) is 0 Å². The third-order valence-electron chi connectivity index (χ3n) is 3.16. The van der Waals surface area contributed by atoms with E-state index in [1.54, 1.807) is 0 Å². The molecule has 0 amide bonds. The smallest absolute Gasteiger partial charge is 0.305 e. The lowest BCUT2D eigenvalue weighted by Crippen LogP contribution is -2.20. The molecule has 1 atom stereocenters. The van der Waals surface area contributed by atoms with Crippen molar-refractivity contribution in [2.24, 2.45) is 5.92 Å². The zero-order chi connectivity index (χ0) is 14.5. The molecular weight excluding hydrogens is 240 g/mol. The van der Waals surface area contributed by atoms with Crippen molar-refractivity contribution in [3.8, 4) is 0 Å². The van der Waals surface area contributed by atoms with E-state index in [4.69, 9.17) is 4.74 Å². The van der Waals surface area contributed by atoms with Crippen LogP contribution in [0.4, 0.5) is 0 Å². The summed E-state index contributed by atoms with van der Waals surface area (Å²) in [5.74, 6) is 0.258. The predicted molar refractivity (Wildman–Crippen MR) is 79.0 cm³/mol. The number of esters is 1. The van der Waals surface area contributed by atoms with E-state index in [9.17, 15) is 9.90 Å².